The summed E-state index contributed by atoms with van der Waals surface area (Å²) in [4.78, 5) is 4.01. The highest BCUT2D eigenvalue weighted by atomic mass is 32.2. The van der Waals surface area contributed by atoms with Crippen molar-refractivity contribution >= 4 is 26.7 Å². The minimum atomic E-state index is -3.63. The molecule has 0 bridgehead atoms. The molecule has 2 rings (SSSR count). The third-order valence-electron chi connectivity index (χ3n) is 2.96. The van der Waals surface area contributed by atoms with E-state index in [2.05, 4.69) is 9.71 Å². The van der Waals surface area contributed by atoms with Gasteiger partial charge in [-0.15, -0.1) is 0 Å². The topological polar surface area (TPSA) is 82.5 Å². The average molecular weight is 295 g/mol. The second-order valence-corrected chi connectivity index (χ2v) is 6.19. The molecule has 2 aromatic rings. The SMILES string of the molecule is CN(CCCO)S(=O)(=O)Nc1cccc2cnccc12. The van der Waals surface area contributed by atoms with Crippen molar-refractivity contribution < 1.29 is 13.5 Å². The van der Waals surface area contributed by atoms with Crippen molar-refractivity contribution in [2.45, 2.75) is 6.42 Å². The highest BCUT2D eigenvalue weighted by molar-refractivity contribution is 7.90. The number of nitrogens with one attached hydrogen (secondary N) is 1. The van der Waals surface area contributed by atoms with Gasteiger partial charge >= 0.3 is 10.2 Å². The van der Waals surface area contributed by atoms with Gasteiger partial charge in [0.1, 0.15) is 0 Å². The highest BCUT2D eigenvalue weighted by Gasteiger charge is 2.17. The fourth-order valence-electron chi connectivity index (χ4n) is 1.84. The second-order valence-electron chi connectivity index (χ2n) is 4.41. The van der Waals surface area contributed by atoms with E-state index in [0.29, 0.717) is 12.1 Å². The number of nitrogens with zero attached hydrogens (tertiary/aromatic N) is 2. The Labute approximate surface area is 118 Å². The van der Waals surface area contributed by atoms with E-state index in [1.807, 2.05) is 6.07 Å². The first kappa shape index (κ1) is 14.7. The van der Waals surface area contributed by atoms with Crippen LogP contribution in [0.4, 0.5) is 5.69 Å². The van der Waals surface area contributed by atoms with Crippen LogP contribution in [0, 0.1) is 0 Å². The second kappa shape index (κ2) is 6.17. The Hall–Kier alpha value is -1.70. The van der Waals surface area contributed by atoms with Crippen LogP contribution in [-0.4, -0.2) is 43.0 Å². The van der Waals surface area contributed by atoms with Gasteiger partial charge in [0.05, 0.1) is 5.69 Å². The van der Waals surface area contributed by atoms with Crippen molar-refractivity contribution in [3.05, 3.63) is 36.7 Å². The molecule has 6 nitrogen and oxygen atoms in total. The van der Waals surface area contributed by atoms with Crippen LogP contribution in [0.3, 0.4) is 0 Å². The lowest BCUT2D eigenvalue weighted by Crippen LogP contribution is -2.33. The standard InChI is InChI=1S/C13H17N3O3S/c1-16(8-3-9-17)20(18,19)15-13-5-2-4-11-10-14-7-6-12(11)13/h2,4-7,10,15,17H,3,8-9H2,1H3. The maximum Gasteiger partial charge on any atom is 0.301 e. The quantitative estimate of drug-likeness (QED) is 0.839. The molecule has 0 amide bonds. The molecule has 2 N–H and O–H groups in total. The molecule has 108 valence electrons. The first-order valence-electron chi connectivity index (χ1n) is 6.22. The van der Waals surface area contributed by atoms with Crippen molar-refractivity contribution in [2.24, 2.45) is 0 Å². The minimum absolute atomic E-state index is 0.0419. The van der Waals surface area contributed by atoms with Gasteiger partial charge in [-0.1, -0.05) is 12.1 Å². The smallest absolute Gasteiger partial charge is 0.301 e. The third-order valence-corrected chi connectivity index (χ3v) is 4.44. The normalized spacial score (nSPS) is 11.9. The van der Waals surface area contributed by atoms with Gasteiger partial charge in [0.15, 0.2) is 0 Å². The number of fused-ring (bicyclic) bond motifs is 1. The molecule has 0 atom stereocenters. The van der Waals surface area contributed by atoms with Gasteiger partial charge in [-0.05, 0) is 18.6 Å². The highest BCUT2D eigenvalue weighted by Crippen LogP contribution is 2.23. The summed E-state index contributed by atoms with van der Waals surface area (Å²) < 4.78 is 28.1. The van der Waals surface area contributed by atoms with Crippen molar-refractivity contribution in [1.82, 2.24) is 9.29 Å². The maximum absolute atomic E-state index is 12.2. The van der Waals surface area contributed by atoms with Crippen LogP contribution < -0.4 is 4.72 Å². The van der Waals surface area contributed by atoms with Gasteiger partial charge in [0.25, 0.3) is 0 Å². The molecule has 0 aliphatic heterocycles. The van der Waals surface area contributed by atoms with Crippen LogP contribution in [0.2, 0.25) is 0 Å². The molecule has 0 saturated heterocycles. The number of benzene rings is 1. The van der Waals surface area contributed by atoms with Gasteiger partial charge < -0.3 is 5.11 Å². The van der Waals surface area contributed by atoms with Crippen molar-refractivity contribution in [3.8, 4) is 0 Å². The molecular weight excluding hydrogens is 278 g/mol. The van der Waals surface area contributed by atoms with E-state index in [1.165, 1.54) is 11.4 Å². The first-order chi connectivity index (χ1) is 9.54. The fourth-order valence-corrected chi connectivity index (χ4v) is 2.82. The van der Waals surface area contributed by atoms with Gasteiger partial charge in [-0.3, -0.25) is 9.71 Å². The molecule has 0 aliphatic carbocycles. The molecular formula is C13H17N3O3S. The Kier molecular flexibility index (Phi) is 4.53. The number of aliphatic hydroxyl groups excluding tert-OH is 1. The number of aromatic nitrogens is 1. The van der Waals surface area contributed by atoms with E-state index in [4.69, 9.17) is 5.11 Å². The van der Waals surface area contributed by atoms with Gasteiger partial charge in [-0.25, -0.2) is 0 Å². The van der Waals surface area contributed by atoms with E-state index in [9.17, 15) is 8.42 Å². The molecule has 0 aliphatic rings. The summed E-state index contributed by atoms with van der Waals surface area (Å²) in [6.45, 7) is 0.220. The number of hydrogen-bond acceptors (Lipinski definition) is 4. The van der Waals surface area contributed by atoms with E-state index in [-0.39, 0.29) is 13.2 Å². The largest absolute Gasteiger partial charge is 0.396 e. The average Bonchev–Trinajstić information content (AvgIpc) is 2.44. The number of pyridine rings is 1. The summed E-state index contributed by atoms with van der Waals surface area (Å²) in [5.74, 6) is 0. The molecule has 1 heterocycles. The lowest BCUT2D eigenvalue weighted by atomic mass is 10.1. The van der Waals surface area contributed by atoms with E-state index < -0.39 is 10.2 Å². The Bertz CT molecular complexity index is 683. The van der Waals surface area contributed by atoms with E-state index in [0.717, 1.165) is 10.8 Å². The van der Waals surface area contributed by atoms with Crippen LogP contribution >= 0.6 is 0 Å². The predicted molar refractivity (Wildman–Crippen MR) is 78.6 cm³/mol. The zero-order valence-corrected chi connectivity index (χ0v) is 12.0. The summed E-state index contributed by atoms with van der Waals surface area (Å²) in [6, 6.07) is 7.12. The Morgan fingerprint density at radius 3 is 2.90 bits per heavy atom. The molecule has 0 spiro atoms. The lowest BCUT2D eigenvalue weighted by molar-refractivity contribution is 0.276. The van der Waals surface area contributed by atoms with Crippen LogP contribution in [0.15, 0.2) is 36.7 Å². The lowest BCUT2D eigenvalue weighted by Gasteiger charge is -2.18. The molecule has 0 unspecified atom stereocenters. The Balaban J connectivity index is 2.27. The maximum atomic E-state index is 12.2. The van der Waals surface area contributed by atoms with E-state index in [1.54, 1.807) is 30.6 Å². The predicted octanol–water partition coefficient (Wildman–Crippen LogP) is 1.21. The summed E-state index contributed by atoms with van der Waals surface area (Å²) in [7, 11) is -2.15. The number of rotatable bonds is 6. The van der Waals surface area contributed by atoms with Crippen molar-refractivity contribution in [1.29, 1.82) is 0 Å². The van der Waals surface area contributed by atoms with Crippen LogP contribution in [0.5, 0.6) is 0 Å². The van der Waals surface area contributed by atoms with Crippen LogP contribution in [-0.2, 0) is 10.2 Å². The third kappa shape index (κ3) is 3.24. The van der Waals surface area contributed by atoms with Crippen LogP contribution in [0.1, 0.15) is 6.42 Å². The van der Waals surface area contributed by atoms with Gasteiger partial charge in [-0.2, -0.15) is 12.7 Å². The zero-order chi connectivity index (χ0) is 14.6. The van der Waals surface area contributed by atoms with Gasteiger partial charge in [0.2, 0.25) is 0 Å². The number of anilines is 1. The molecule has 20 heavy (non-hydrogen) atoms. The Morgan fingerprint density at radius 1 is 1.35 bits per heavy atom. The monoisotopic (exact) mass is 295 g/mol. The van der Waals surface area contributed by atoms with Crippen molar-refractivity contribution in [3.63, 3.8) is 0 Å². The number of aliphatic hydroxyl groups is 1. The molecule has 0 saturated carbocycles. The summed E-state index contributed by atoms with van der Waals surface area (Å²) in [5, 5.41) is 10.4. The van der Waals surface area contributed by atoms with Crippen LogP contribution in [0.25, 0.3) is 10.8 Å². The molecule has 1 aromatic carbocycles. The summed E-state index contributed by atoms with van der Waals surface area (Å²) >= 11 is 0. The minimum Gasteiger partial charge on any atom is -0.396 e. The zero-order valence-electron chi connectivity index (χ0n) is 11.2. The molecule has 1 aromatic heterocycles. The summed E-state index contributed by atoms with van der Waals surface area (Å²) in [5.41, 5.74) is 0.515. The first-order valence-corrected chi connectivity index (χ1v) is 7.66. The molecule has 7 heteroatoms. The molecule has 0 radical (unpaired) electrons. The van der Waals surface area contributed by atoms with E-state index >= 15 is 0 Å². The molecule has 0 fully saturated rings. The van der Waals surface area contributed by atoms with Crippen molar-refractivity contribution in [2.75, 3.05) is 24.9 Å². The Morgan fingerprint density at radius 2 is 2.15 bits per heavy atom. The summed E-state index contributed by atoms with van der Waals surface area (Å²) in [6.07, 6.45) is 3.70. The fraction of sp³-hybridized carbons (Fsp3) is 0.308. The van der Waals surface area contributed by atoms with Gasteiger partial charge in [0, 0.05) is 43.4 Å². The number of hydrogen-bond donors (Lipinski definition) is 2.